The number of esters is 1. The Kier molecular flexibility index (Phi) is 22.9. The van der Waals surface area contributed by atoms with E-state index in [1.807, 2.05) is 6.92 Å². The van der Waals surface area contributed by atoms with Crippen LogP contribution in [0.25, 0.3) is 0 Å². The molecule has 0 aromatic heterocycles. The van der Waals surface area contributed by atoms with E-state index in [0.29, 0.717) is 38.5 Å². The zero-order valence-electron chi connectivity index (χ0n) is 56.6. The highest BCUT2D eigenvalue weighted by molar-refractivity contribution is 5.79. The molecule has 564 valence electrons. The molecule has 6 aliphatic heterocycles. The van der Waals surface area contributed by atoms with E-state index in [0.717, 1.165) is 25.7 Å². The lowest BCUT2D eigenvalue weighted by atomic mass is 9.33. The van der Waals surface area contributed by atoms with Crippen molar-refractivity contribution in [3.63, 3.8) is 0 Å². The van der Waals surface area contributed by atoms with E-state index >= 15 is 4.79 Å². The zero-order valence-corrected chi connectivity index (χ0v) is 56.6. The molecule has 0 radical (unpaired) electrons. The molecular weight excluding hydrogens is 1300 g/mol. The first kappa shape index (κ1) is 77.1. The van der Waals surface area contributed by atoms with Crippen molar-refractivity contribution < 1.29 is 159 Å². The maximum absolute atomic E-state index is 15.2. The third-order valence-corrected chi connectivity index (χ3v) is 25.7. The van der Waals surface area contributed by atoms with Crippen molar-refractivity contribution >= 4 is 5.97 Å². The van der Waals surface area contributed by atoms with Crippen LogP contribution in [0.2, 0.25) is 0 Å². The summed E-state index contributed by atoms with van der Waals surface area (Å²) in [4.78, 5) is 15.2. The lowest BCUT2D eigenvalue weighted by molar-refractivity contribution is -0.381. The van der Waals surface area contributed by atoms with Gasteiger partial charge in [-0.2, -0.15) is 0 Å². The first-order valence-corrected chi connectivity index (χ1v) is 34.7. The summed E-state index contributed by atoms with van der Waals surface area (Å²) in [7, 11) is 0. The van der Waals surface area contributed by atoms with Gasteiger partial charge < -0.3 is 154 Å². The van der Waals surface area contributed by atoms with Crippen LogP contribution in [-0.4, -0.2) is 326 Å². The number of hydrogen-bond donors (Lipinski definition) is 19. The van der Waals surface area contributed by atoms with Gasteiger partial charge in [-0.25, -0.2) is 0 Å². The average Bonchev–Trinajstić information content (AvgIpc) is 0.675. The van der Waals surface area contributed by atoms with Gasteiger partial charge in [0.05, 0.1) is 56.8 Å². The predicted octanol–water partition coefficient (Wildman–Crippen LogP) is -5.36. The van der Waals surface area contributed by atoms with Gasteiger partial charge in [0, 0.05) is 5.41 Å². The second-order valence-electron chi connectivity index (χ2n) is 31.8. The lowest BCUT2D eigenvalue weighted by Crippen LogP contribution is -2.66. The maximum atomic E-state index is 15.2. The molecule has 0 aromatic carbocycles. The van der Waals surface area contributed by atoms with Gasteiger partial charge in [0.2, 0.25) is 6.29 Å². The van der Waals surface area contributed by atoms with Crippen LogP contribution in [0, 0.1) is 50.2 Å². The summed E-state index contributed by atoms with van der Waals surface area (Å²) in [5, 5.41) is 208. The van der Waals surface area contributed by atoms with Gasteiger partial charge in [0.25, 0.3) is 0 Å². The topological polar surface area (TPSA) is 512 Å². The molecule has 32 nitrogen and oxygen atoms in total. The summed E-state index contributed by atoms with van der Waals surface area (Å²) >= 11 is 0. The highest BCUT2D eigenvalue weighted by atomic mass is 16.8. The summed E-state index contributed by atoms with van der Waals surface area (Å²) < 4.78 is 69.5. The molecular formula is C66H108O32. The van der Waals surface area contributed by atoms with Crippen molar-refractivity contribution in [2.75, 3.05) is 33.0 Å². The van der Waals surface area contributed by atoms with Gasteiger partial charge in [-0.05, 0) is 117 Å². The largest absolute Gasteiger partial charge is 0.432 e. The number of aliphatic hydroxyl groups excluding tert-OH is 19. The van der Waals surface area contributed by atoms with Gasteiger partial charge in [-0.1, -0.05) is 53.2 Å². The van der Waals surface area contributed by atoms with Crippen molar-refractivity contribution in [3.8, 4) is 0 Å². The van der Waals surface area contributed by atoms with Gasteiger partial charge in [0.1, 0.15) is 134 Å². The van der Waals surface area contributed by atoms with E-state index < -0.39 is 234 Å². The van der Waals surface area contributed by atoms with Gasteiger partial charge in [-0.3, -0.25) is 4.79 Å². The molecule has 0 aromatic rings. The molecule has 10 fully saturated rings. The number of carbonyl (C=O) groups is 1. The minimum atomic E-state index is -2.07. The monoisotopic (exact) mass is 1410 g/mol. The van der Waals surface area contributed by atoms with Crippen LogP contribution in [0.1, 0.15) is 120 Å². The fourth-order valence-electron chi connectivity index (χ4n) is 19.2. The summed E-state index contributed by atoms with van der Waals surface area (Å²) in [6, 6.07) is 0. The van der Waals surface area contributed by atoms with Crippen molar-refractivity contribution in [1.29, 1.82) is 0 Å². The van der Waals surface area contributed by atoms with Crippen LogP contribution in [0.15, 0.2) is 11.6 Å². The minimum absolute atomic E-state index is 0.0960. The summed E-state index contributed by atoms with van der Waals surface area (Å²) in [6.45, 7) is 12.9. The van der Waals surface area contributed by atoms with E-state index in [1.165, 1.54) is 19.4 Å². The van der Waals surface area contributed by atoms with E-state index in [2.05, 4.69) is 40.7 Å². The van der Waals surface area contributed by atoms with Crippen molar-refractivity contribution in [1.82, 2.24) is 0 Å². The van der Waals surface area contributed by atoms with Gasteiger partial charge in [-0.15, -0.1) is 0 Å². The average molecular weight is 1410 g/mol. The normalized spacial score (nSPS) is 55.0. The third-order valence-electron chi connectivity index (χ3n) is 25.7. The summed E-state index contributed by atoms with van der Waals surface area (Å²) in [6.07, 6.45) is -44.4. The Balaban J connectivity index is 0.690. The number of rotatable bonds is 17. The molecule has 32 heteroatoms. The molecule has 0 amide bonds. The number of carbonyl (C=O) groups excluding carboxylic acids is 1. The Morgan fingerprint density at radius 3 is 1.45 bits per heavy atom. The Hall–Kier alpha value is -1.99. The molecule has 6 saturated heterocycles. The quantitative estimate of drug-likeness (QED) is 0.0478. The first-order valence-electron chi connectivity index (χ1n) is 34.7. The molecule has 5 aliphatic carbocycles. The first-order chi connectivity index (χ1) is 46.0. The Morgan fingerprint density at radius 2 is 0.908 bits per heavy atom. The molecule has 19 N–H and O–H groups in total. The molecule has 11 aliphatic rings. The highest BCUT2D eigenvalue weighted by Gasteiger charge is 2.71. The van der Waals surface area contributed by atoms with Crippen LogP contribution >= 0.6 is 0 Å². The molecule has 11 rings (SSSR count). The van der Waals surface area contributed by atoms with E-state index in [1.54, 1.807) is 0 Å². The van der Waals surface area contributed by atoms with E-state index in [4.69, 9.17) is 56.8 Å². The molecule has 98 heavy (non-hydrogen) atoms. The van der Waals surface area contributed by atoms with Gasteiger partial charge >= 0.3 is 5.97 Å². The standard InChI is InChI=1S/C66H108O32/c1-25-36(71)39(74)45(80)56(89-25)96-52-29(20-67)91-54(48(83)43(52)78)87-22-31-37(72)40(75)46(81)58(93-31)95-51-26(2)90-57(50(85)42(51)77)97-53-30(21-68)92-55(49(84)44(53)79)88-23-32-38(73)41(76)47(82)59(94-32)98-60(86)66-17-15-61(3,4)19-28(66)27-9-10-34-62(5)13-12-35(70)63(6,24-69)33(62)11-14-65(34,8)64(27,7)16-18-66/h9,25-26,28-59,67-85H,10-24H2,1-8H3/t25-,26-,28?,29+,30+,31+,32+,33?,34?,35-,36-,37+,38+,39+,40-,41-,42-,43+,44+,45+,46+,47+,48+,49+,50+,51-,52+,53+,54-,55+,56-,57-,58+,59-,62-,63-,64+,65+,66-/m0/s1. The molecule has 6 heterocycles. The SMILES string of the molecule is C[C@@H]1O[C@@H](O[C@H]2[C@H](O)[C@@H](O)[C@@H](OC[C@H]3O[C@H](O[C@@H]4[C@@H](O)[C@@H](O)[C@H](O[C@H]5[C@H](O)[C@@H](O)[C@H](OC[C@H]6O[C@@H](OC(=O)[C@]78CCC(C)(C)CC7C7=CCC9[C@@]%10(C)CC[C@H](O)[C@@](C)(CO)C%10CC[C@@]9(C)[C@]7(C)CC8)[C@H](O)[C@@H](O)[C@@H]6O)O[C@@H]5CO)O[C@H]4C)[C@H](O)[C@@H](O)[C@@H]3O)O[C@@H]2CO)[C@H](O)[C@H](O)[C@H]1O. The number of hydrogen-bond acceptors (Lipinski definition) is 32. The second kappa shape index (κ2) is 29.1. The molecule has 3 unspecified atom stereocenters. The lowest BCUT2D eigenvalue weighted by Gasteiger charge is -2.71. The summed E-state index contributed by atoms with van der Waals surface area (Å²) in [5.41, 5.74) is -1.24. The third kappa shape index (κ3) is 13.2. The van der Waals surface area contributed by atoms with Gasteiger partial charge in [0.15, 0.2) is 31.5 Å². The van der Waals surface area contributed by atoms with Crippen molar-refractivity contribution in [2.45, 2.75) is 310 Å². The Labute approximate surface area is 567 Å². The maximum Gasteiger partial charge on any atom is 0.315 e. The van der Waals surface area contributed by atoms with Crippen LogP contribution in [0.4, 0.5) is 0 Å². The number of aliphatic hydroxyl groups is 19. The number of ether oxygens (including phenoxy) is 12. The number of fused-ring (bicyclic) bond motifs is 7. The Bertz CT molecular complexity index is 2750. The molecule has 0 spiro atoms. The highest BCUT2D eigenvalue weighted by Crippen LogP contribution is 2.76. The van der Waals surface area contributed by atoms with Crippen LogP contribution in [0.3, 0.4) is 0 Å². The van der Waals surface area contributed by atoms with Crippen LogP contribution in [-0.2, 0) is 61.6 Å². The number of allylic oxidation sites excluding steroid dienone is 2. The molecule has 4 saturated carbocycles. The second-order valence-corrected chi connectivity index (χ2v) is 31.8. The van der Waals surface area contributed by atoms with Crippen molar-refractivity contribution in [3.05, 3.63) is 11.6 Å². The minimum Gasteiger partial charge on any atom is -0.432 e. The summed E-state index contributed by atoms with van der Waals surface area (Å²) in [5.74, 6) is -0.500. The fourth-order valence-corrected chi connectivity index (χ4v) is 19.2. The smallest absolute Gasteiger partial charge is 0.315 e. The van der Waals surface area contributed by atoms with Crippen LogP contribution < -0.4 is 0 Å². The zero-order chi connectivity index (χ0) is 71.6. The predicted molar refractivity (Wildman–Crippen MR) is 327 cm³/mol. The molecule has 39 atom stereocenters. The molecule has 0 bridgehead atoms. The van der Waals surface area contributed by atoms with E-state index in [9.17, 15) is 97.0 Å². The fraction of sp³-hybridized carbons (Fsp3) is 0.955. The van der Waals surface area contributed by atoms with Crippen molar-refractivity contribution in [2.24, 2.45) is 50.2 Å². The van der Waals surface area contributed by atoms with E-state index in [-0.39, 0.29) is 46.0 Å². The van der Waals surface area contributed by atoms with Crippen LogP contribution in [0.5, 0.6) is 0 Å². The Morgan fingerprint density at radius 1 is 0.459 bits per heavy atom.